The molecular weight excluding hydrogens is 230 g/mol. The van der Waals surface area contributed by atoms with Crippen LogP contribution >= 0.6 is 0 Å². The highest BCUT2D eigenvalue weighted by Crippen LogP contribution is 2.17. The predicted molar refractivity (Wildman–Crippen MR) is 68.9 cm³/mol. The Labute approximate surface area is 106 Å². The Morgan fingerprint density at radius 1 is 1.00 bits per heavy atom. The molecule has 1 heterocycles. The maximum absolute atomic E-state index is 5.08. The summed E-state index contributed by atoms with van der Waals surface area (Å²) in [6, 6.07) is 11.7. The summed E-state index contributed by atoms with van der Waals surface area (Å²) in [6.45, 7) is 0.650. The van der Waals surface area contributed by atoms with E-state index in [1.807, 2.05) is 30.3 Å². The fraction of sp³-hybridized carbons (Fsp3) is 0.231. The SMILES string of the molecule is COc1cc(OC)nc(NCc2ccccc2)n1. The van der Waals surface area contributed by atoms with E-state index in [0.29, 0.717) is 24.3 Å². The van der Waals surface area contributed by atoms with Crippen molar-refractivity contribution in [2.75, 3.05) is 19.5 Å². The van der Waals surface area contributed by atoms with Crippen LogP contribution in [0, 0.1) is 0 Å². The van der Waals surface area contributed by atoms with Crippen LogP contribution in [0.3, 0.4) is 0 Å². The monoisotopic (exact) mass is 245 g/mol. The summed E-state index contributed by atoms with van der Waals surface area (Å²) in [5, 5.41) is 3.13. The Bertz CT molecular complexity index is 481. The van der Waals surface area contributed by atoms with Crippen molar-refractivity contribution >= 4 is 5.95 Å². The summed E-state index contributed by atoms with van der Waals surface area (Å²) in [7, 11) is 3.12. The molecule has 2 aromatic rings. The summed E-state index contributed by atoms with van der Waals surface area (Å²) in [6.07, 6.45) is 0. The minimum atomic E-state index is 0.470. The second-order valence-electron chi connectivity index (χ2n) is 3.62. The minimum absolute atomic E-state index is 0.470. The molecule has 18 heavy (non-hydrogen) atoms. The van der Waals surface area contributed by atoms with E-state index in [1.165, 1.54) is 0 Å². The molecule has 0 bridgehead atoms. The first-order valence-electron chi connectivity index (χ1n) is 5.56. The molecule has 0 aliphatic heterocycles. The molecule has 0 aliphatic rings. The third-order valence-electron chi connectivity index (χ3n) is 2.39. The fourth-order valence-electron chi connectivity index (χ4n) is 1.47. The number of anilines is 1. The highest BCUT2D eigenvalue weighted by Gasteiger charge is 2.04. The van der Waals surface area contributed by atoms with Crippen molar-refractivity contribution in [2.24, 2.45) is 0 Å². The number of benzene rings is 1. The first kappa shape index (κ1) is 12.2. The van der Waals surface area contributed by atoms with Crippen molar-refractivity contribution in [3.05, 3.63) is 42.0 Å². The maximum atomic E-state index is 5.08. The van der Waals surface area contributed by atoms with E-state index in [1.54, 1.807) is 20.3 Å². The van der Waals surface area contributed by atoms with E-state index in [-0.39, 0.29) is 0 Å². The van der Waals surface area contributed by atoms with Gasteiger partial charge >= 0.3 is 0 Å². The first-order valence-corrected chi connectivity index (χ1v) is 5.56. The zero-order valence-corrected chi connectivity index (χ0v) is 10.4. The average Bonchev–Trinajstić information content (AvgIpc) is 2.45. The summed E-state index contributed by atoms with van der Waals surface area (Å²) >= 11 is 0. The molecule has 1 N–H and O–H groups in total. The summed E-state index contributed by atoms with van der Waals surface area (Å²) in [5.74, 6) is 1.42. The first-order chi connectivity index (χ1) is 8.81. The van der Waals surface area contributed by atoms with Crippen LogP contribution in [-0.2, 0) is 6.54 Å². The second-order valence-corrected chi connectivity index (χ2v) is 3.62. The topological polar surface area (TPSA) is 56.3 Å². The molecule has 0 saturated heterocycles. The Morgan fingerprint density at radius 2 is 1.61 bits per heavy atom. The van der Waals surface area contributed by atoms with Gasteiger partial charge in [-0.2, -0.15) is 9.97 Å². The number of hydrogen-bond acceptors (Lipinski definition) is 5. The normalized spacial score (nSPS) is 9.89. The number of aromatic nitrogens is 2. The largest absolute Gasteiger partial charge is 0.481 e. The van der Waals surface area contributed by atoms with Crippen LogP contribution in [-0.4, -0.2) is 24.2 Å². The van der Waals surface area contributed by atoms with Crippen molar-refractivity contribution in [2.45, 2.75) is 6.54 Å². The summed E-state index contributed by atoms with van der Waals surface area (Å²) < 4.78 is 10.2. The zero-order chi connectivity index (χ0) is 12.8. The van der Waals surface area contributed by atoms with Gasteiger partial charge in [-0.1, -0.05) is 30.3 Å². The number of rotatable bonds is 5. The van der Waals surface area contributed by atoms with Crippen LogP contribution in [0.2, 0.25) is 0 Å². The Balaban J connectivity index is 2.09. The van der Waals surface area contributed by atoms with Crippen molar-refractivity contribution < 1.29 is 9.47 Å². The molecule has 0 spiro atoms. The minimum Gasteiger partial charge on any atom is -0.481 e. The second kappa shape index (κ2) is 5.86. The number of methoxy groups -OCH3 is 2. The van der Waals surface area contributed by atoms with Crippen LogP contribution in [0.1, 0.15) is 5.56 Å². The molecule has 1 aromatic heterocycles. The van der Waals surface area contributed by atoms with Crippen molar-refractivity contribution in [3.63, 3.8) is 0 Å². The van der Waals surface area contributed by atoms with Crippen LogP contribution in [0.15, 0.2) is 36.4 Å². The van der Waals surface area contributed by atoms with Gasteiger partial charge in [0.1, 0.15) is 0 Å². The molecule has 0 aliphatic carbocycles. The van der Waals surface area contributed by atoms with Gasteiger partial charge in [-0.25, -0.2) is 0 Å². The van der Waals surface area contributed by atoms with Crippen LogP contribution < -0.4 is 14.8 Å². The Morgan fingerprint density at radius 3 is 2.17 bits per heavy atom. The fourth-order valence-corrected chi connectivity index (χ4v) is 1.47. The van der Waals surface area contributed by atoms with Gasteiger partial charge in [-0.05, 0) is 5.56 Å². The van der Waals surface area contributed by atoms with E-state index in [2.05, 4.69) is 15.3 Å². The third kappa shape index (κ3) is 3.10. The molecule has 0 atom stereocenters. The molecule has 1 aromatic carbocycles. The number of ether oxygens (including phenoxy) is 2. The van der Waals surface area contributed by atoms with Gasteiger partial charge in [0.2, 0.25) is 17.7 Å². The maximum Gasteiger partial charge on any atom is 0.229 e. The molecule has 94 valence electrons. The smallest absolute Gasteiger partial charge is 0.229 e. The van der Waals surface area contributed by atoms with Gasteiger partial charge in [0.15, 0.2) is 0 Å². The van der Waals surface area contributed by atoms with E-state index >= 15 is 0 Å². The van der Waals surface area contributed by atoms with Gasteiger partial charge in [0.05, 0.1) is 20.3 Å². The van der Waals surface area contributed by atoms with E-state index < -0.39 is 0 Å². The zero-order valence-electron chi connectivity index (χ0n) is 10.4. The van der Waals surface area contributed by atoms with Crippen LogP contribution in [0.4, 0.5) is 5.95 Å². The van der Waals surface area contributed by atoms with Gasteiger partial charge in [0, 0.05) is 6.54 Å². The van der Waals surface area contributed by atoms with Gasteiger partial charge in [-0.3, -0.25) is 0 Å². The predicted octanol–water partition coefficient (Wildman–Crippen LogP) is 2.11. The molecule has 5 heteroatoms. The molecule has 0 radical (unpaired) electrons. The van der Waals surface area contributed by atoms with Crippen molar-refractivity contribution in [3.8, 4) is 11.8 Å². The molecule has 5 nitrogen and oxygen atoms in total. The average molecular weight is 245 g/mol. The summed E-state index contributed by atoms with van der Waals surface area (Å²) in [4.78, 5) is 8.38. The van der Waals surface area contributed by atoms with Crippen LogP contribution in [0.5, 0.6) is 11.8 Å². The van der Waals surface area contributed by atoms with Crippen LogP contribution in [0.25, 0.3) is 0 Å². The highest BCUT2D eigenvalue weighted by molar-refractivity contribution is 5.34. The van der Waals surface area contributed by atoms with Gasteiger partial charge in [0.25, 0.3) is 0 Å². The Kier molecular flexibility index (Phi) is 3.96. The lowest BCUT2D eigenvalue weighted by atomic mass is 10.2. The highest BCUT2D eigenvalue weighted by atomic mass is 16.5. The van der Waals surface area contributed by atoms with E-state index in [9.17, 15) is 0 Å². The van der Waals surface area contributed by atoms with Crippen molar-refractivity contribution in [1.29, 1.82) is 0 Å². The number of nitrogens with zero attached hydrogens (tertiary/aromatic N) is 2. The molecule has 0 amide bonds. The summed E-state index contributed by atoms with van der Waals surface area (Å²) in [5.41, 5.74) is 1.16. The third-order valence-corrected chi connectivity index (χ3v) is 2.39. The van der Waals surface area contributed by atoms with Gasteiger partial charge in [-0.15, -0.1) is 0 Å². The Hall–Kier alpha value is -2.30. The van der Waals surface area contributed by atoms with Crippen molar-refractivity contribution in [1.82, 2.24) is 9.97 Å². The molecule has 0 unspecified atom stereocenters. The molecule has 0 saturated carbocycles. The lowest BCUT2D eigenvalue weighted by molar-refractivity contribution is 0.373. The molecule has 2 rings (SSSR count). The quantitative estimate of drug-likeness (QED) is 0.874. The lowest BCUT2D eigenvalue weighted by Gasteiger charge is -2.08. The van der Waals surface area contributed by atoms with E-state index in [0.717, 1.165) is 5.56 Å². The molecular formula is C13H15N3O2. The molecule has 0 fully saturated rings. The standard InChI is InChI=1S/C13H15N3O2/c1-17-11-8-12(18-2)16-13(15-11)14-9-10-6-4-3-5-7-10/h3-8H,9H2,1-2H3,(H,14,15,16). The lowest BCUT2D eigenvalue weighted by Crippen LogP contribution is -2.05. The van der Waals surface area contributed by atoms with Gasteiger partial charge < -0.3 is 14.8 Å². The number of hydrogen-bond donors (Lipinski definition) is 1. The number of nitrogens with one attached hydrogen (secondary N) is 1. The van der Waals surface area contributed by atoms with E-state index in [4.69, 9.17) is 9.47 Å².